The van der Waals surface area contributed by atoms with E-state index < -0.39 is 0 Å². The van der Waals surface area contributed by atoms with Crippen molar-refractivity contribution in [3.05, 3.63) is 53.3 Å². The number of rotatable bonds is 5. The minimum absolute atomic E-state index is 0.0147. The highest BCUT2D eigenvalue weighted by Crippen LogP contribution is 2.23. The van der Waals surface area contributed by atoms with Gasteiger partial charge in [-0.05, 0) is 45.7 Å². The second kappa shape index (κ2) is 8.59. The smallest absolute Gasteiger partial charge is 0.253 e. The molecule has 0 radical (unpaired) electrons. The number of aromatic nitrogens is 2. The van der Waals surface area contributed by atoms with Crippen LogP contribution in [0.2, 0.25) is 0 Å². The molecule has 28 heavy (non-hydrogen) atoms. The van der Waals surface area contributed by atoms with E-state index in [0.29, 0.717) is 25.2 Å². The van der Waals surface area contributed by atoms with Crippen LogP contribution in [0, 0.1) is 12.8 Å². The highest BCUT2D eigenvalue weighted by atomic mass is 16.2. The number of aryl methyl sites for hydroxylation is 2. The highest BCUT2D eigenvalue weighted by molar-refractivity contribution is 5.94. The normalized spacial score (nSPS) is 17.0. The van der Waals surface area contributed by atoms with Crippen molar-refractivity contribution in [1.82, 2.24) is 19.6 Å². The molecule has 1 fully saturated rings. The van der Waals surface area contributed by atoms with Crippen LogP contribution in [0.1, 0.15) is 48.2 Å². The van der Waals surface area contributed by atoms with Gasteiger partial charge in [-0.2, -0.15) is 5.10 Å². The molecular formula is C22H30N4O2. The summed E-state index contributed by atoms with van der Waals surface area (Å²) in [6.45, 7) is 7.82. The van der Waals surface area contributed by atoms with E-state index in [9.17, 15) is 9.59 Å². The van der Waals surface area contributed by atoms with Crippen LogP contribution in [0.15, 0.2) is 36.7 Å². The summed E-state index contributed by atoms with van der Waals surface area (Å²) in [6.07, 6.45) is 5.42. The molecule has 0 bridgehead atoms. The van der Waals surface area contributed by atoms with E-state index in [4.69, 9.17) is 0 Å². The number of hydrogen-bond donors (Lipinski definition) is 0. The van der Waals surface area contributed by atoms with Crippen molar-refractivity contribution >= 4 is 11.8 Å². The monoisotopic (exact) mass is 382 g/mol. The van der Waals surface area contributed by atoms with E-state index in [1.54, 1.807) is 10.9 Å². The third-order valence-corrected chi connectivity index (χ3v) is 5.37. The molecule has 6 heteroatoms. The Balaban J connectivity index is 1.69. The lowest BCUT2D eigenvalue weighted by Crippen LogP contribution is -2.48. The van der Waals surface area contributed by atoms with Gasteiger partial charge >= 0.3 is 0 Å². The first-order valence-electron chi connectivity index (χ1n) is 9.99. The van der Waals surface area contributed by atoms with E-state index in [2.05, 4.69) is 5.10 Å². The Kier molecular flexibility index (Phi) is 6.17. The van der Waals surface area contributed by atoms with Crippen LogP contribution in [-0.4, -0.2) is 50.5 Å². The topological polar surface area (TPSA) is 58.4 Å². The van der Waals surface area contributed by atoms with E-state index >= 15 is 0 Å². The summed E-state index contributed by atoms with van der Waals surface area (Å²) in [5.41, 5.74) is 2.84. The zero-order valence-electron chi connectivity index (χ0n) is 17.3. The van der Waals surface area contributed by atoms with Gasteiger partial charge in [0.1, 0.15) is 0 Å². The van der Waals surface area contributed by atoms with Gasteiger partial charge in [0.25, 0.3) is 5.91 Å². The van der Waals surface area contributed by atoms with Crippen molar-refractivity contribution in [2.45, 2.75) is 46.2 Å². The molecular weight excluding hydrogens is 352 g/mol. The summed E-state index contributed by atoms with van der Waals surface area (Å²) >= 11 is 0. The Bertz CT molecular complexity index is 825. The molecule has 0 spiro atoms. The fourth-order valence-electron chi connectivity index (χ4n) is 3.74. The highest BCUT2D eigenvalue weighted by Gasteiger charge is 2.32. The Hall–Kier alpha value is -2.63. The van der Waals surface area contributed by atoms with Gasteiger partial charge in [-0.3, -0.25) is 14.3 Å². The van der Waals surface area contributed by atoms with Gasteiger partial charge in [-0.1, -0.05) is 17.7 Å². The first kappa shape index (κ1) is 20.1. The average Bonchev–Trinajstić information content (AvgIpc) is 3.10. The number of carbonyl (C=O) groups excluding carboxylic acids is 2. The molecule has 1 aromatic heterocycles. The molecule has 150 valence electrons. The summed E-state index contributed by atoms with van der Waals surface area (Å²) < 4.78 is 1.75. The summed E-state index contributed by atoms with van der Waals surface area (Å²) in [6, 6.07) is 7.73. The van der Waals surface area contributed by atoms with E-state index in [1.807, 2.05) is 68.1 Å². The van der Waals surface area contributed by atoms with E-state index in [0.717, 1.165) is 24.0 Å². The minimum Gasteiger partial charge on any atom is -0.338 e. The van der Waals surface area contributed by atoms with E-state index in [-0.39, 0.29) is 23.8 Å². The van der Waals surface area contributed by atoms with Gasteiger partial charge in [0.2, 0.25) is 5.91 Å². The molecule has 2 heterocycles. The second-order valence-corrected chi connectivity index (χ2v) is 8.04. The third kappa shape index (κ3) is 4.61. The molecule has 2 aromatic rings. The Morgan fingerprint density at radius 1 is 1.25 bits per heavy atom. The van der Waals surface area contributed by atoms with Gasteiger partial charge < -0.3 is 9.80 Å². The molecule has 1 unspecified atom stereocenters. The Morgan fingerprint density at radius 3 is 2.57 bits per heavy atom. The number of hydrogen-bond acceptors (Lipinski definition) is 3. The van der Waals surface area contributed by atoms with Crippen molar-refractivity contribution in [1.29, 1.82) is 0 Å². The number of benzene rings is 1. The van der Waals surface area contributed by atoms with Crippen LogP contribution >= 0.6 is 0 Å². The summed E-state index contributed by atoms with van der Waals surface area (Å²) in [4.78, 5) is 29.9. The third-order valence-electron chi connectivity index (χ3n) is 5.37. The molecule has 6 nitrogen and oxygen atoms in total. The quantitative estimate of drug-likeness (QED) is 0.799. The van der Waals surface area contributed by atoms with Crippen LogP contribution in [0.4, 0.5) is 0 Å². The molecule has 1 aromatic carbocycles. The van der Waals surface area contributed by atoms with Crippen LogP contribution in [0.3, 0.4) is 0 Å². The van der Waals surface area contributed by atoms with Crippen molar-refractivity contribution in [2.75, 3.05) is 13.1 Å². The van der Waals surface area contributed by atoms with Crippen LogP contribution < -0.4 is 0 Å². The molecule has 1 aliphatic heterocycles. The predicted molar refractivity (Wildman–Crippen MR) is 109 cm³/mol. The standard InChI is InChI=1S/C22H30N4O2/c1-16(2)26(14-18-12-23-24(4)13-18)22(28)20-6-5-11-25(15-20)21(27)19-9-7-17(3)8-10-19/h7-10,12-13,16,20H,5-6,11,14-15H2,1-4H3. The molecule has 3 rings (SSSR count). The first-order valence-corrected chi connectivity index (χ1v) is 9.99. The maximum absolute atomic E-state index is 13.3. The largest absolute Gasteiger partial charge is 0.338 e. The first-order chi connectivity index (χ1) is 13.3. The van der Waals surface area contributed by atoms with Crippen LogP contribution in [-0.2, 0) is 18.4 Å². The van der Waals surface area contributed by atoms with Crippen molar-refractivity contribution < 1.29 is 9.59 Å². The molecule has 1 atom stereocenters. The minimum atomic E-state index is -0.151. The second-order valence-electron chi connectivity index (χ2n) is 8.04. The lowest BCUT2D eigenvalue weighted by atomic mass is 9.95. The molecule has 2 amide bonds. The predicted octanol–water partition coefficient (Wildman–Crippen LogP) is 3.02. The van der Waals surface area contributed by atoms with Gasteiger partial charge in [-0.15, -0.1) is 0 Å². The Morgan fingerprint density at radius 2 is 1.96 bits per heavy atom. The SMILES string of the molecule is Cc1ccc(C(=O)N2CCCC(C(=O)N(Cc3cnn(C)c3)C(C)C)C2)cc1. The average molecular weight is 383 g/mol. The lowest BCUT2D eigenvalue weighted by molar-refractivity contribution is -0.139. The summed E-state index contributed by atoms with van der Waals surface area (Å²) in [5.74, 6) is -0.0108. The maximum atomic E-state index is 13.3. The maximum Gasteiger partial charge on any atom is 0.253 e. The number of carbonyl (C=O) groups is 2. The zero-order chi connectivity index (χ0) is 20.3. The van der Waals surface area contributed by atoms with Gasteiger partial charge in [-0.25, -0.2) is 0 Å². The molecule has 1 saturated heterocycles. The van der Waals surface area contributed by atoms with Gasteiger partial charge in [0.15, 0.2) is 0 Å². The number of likely N-dealkylation sites (tertiary alicyclic amines) is 1. The molecule has 0 N–H and O–H groups in total. The molecule has 0 aliphatic carbocycles. The zero-order valence-corrected chi connectivity index (χ0v) is 17.3. The van der Waals surface area contributed by atoms with Gasteiger partial charge in [0.05, 0.1) is 12.1 Å². The van der Waals surface area contributed by atoms with Crippen molar-refractivity contribution in [3.63, 3.8) is 0 Å². The number of amides is 2. The number of piperidine rings is 1. The Labute approximate surface area is 167 Å². The fourth-order valence-corrected chi connectivity index (χ4v) is 3.74. The van der Waals surface area contributed by atoms with Crippen LogP contribution in [0.25, 0.3) is 0 Å². The van der Waals surface area contributed by atoms with Crippen molar-refractivity contribution in [3.8, 4) is 0 Å². The van der Waals surface area contributed by atoms with E-state index in [1.165, 1.54) is 0 Å². The summed E-state index contributed by atoms with van der Waals surface area (Å²) in [7, 11) is 1.88. The van der Waals surface area contributed by atoms with Crippen molar-refractivity contribution in [2.24, 2.45) is 13.0 Å². The van der Waals surface area contributed by atoms with Gasteiger partial charge in [0, 0.05) is 50.0 Å². The fraction of sp³-hybridized carbons (Fsp3) is 0.500. The summed E-state index contributed by atoms with van der Waals surface area (Å²) in [5, 5.41) is 4.20. The number of nitrogens with zero attached hydrogens (tertiary/aromatic N) is 4. The molecule has 1 aliphatic rings. The van der Waals surface area contributed by atoms with Crippen LogP contribution in [0.5, 0.6) is 0 Å². The lowest BCUT2D eigenvalue weighted by Gasteiger charge is -2.36. The molecule has 0 saturated carbocycles.